The number of halogens is 1. The minimum Gasteiger partial charge on any atom is -0.332 e. The zero-order chi connectivity index (χ0) is 19.9. The monoisotopic (exact) mass is 393 g/mol. The summed E-state index contributed by atoms with van der Waals surface area (Å²) >= 11 is 5.09. The first-order valence-corrected chi connectivity index (χ1v) is 8.77. The molecule has 2 amide bonds. The number of carbonyl (C=O) groups excluding carboxylic acids is 2. The van der Waals surface area contributed by atoms with Crippen LogP contribution in [0.2, 0.25) is 0 Å². The molecule has 140 valence electrons. The molecule has 7 heteroatoms. The first kappa shape index (κ1) is 19.2. The SMILES string of the molecule is O=C(Nc1ccc(NC(=S)NC(=O)c2ccccc2F)cc1)c1ccccc1. The van der Waals surface area contributed by atoms with Crippen molar-refractivity contribution in [2.75, 3.05) is 10.6 Å². The number of nitrogens with one attached hydrogen (secondary N) is 3. The Morgan fingerprint density at radius 3 is 1.93 bits per heavy atom. The van der Waals surface area contributed by atoms with Gasteiger partial charge in [0.15, 0.2) is 5.11 Å². The third-order valence-electron chi connectivity index (χ3n) is 3.78. The van der Waals surface area contributed by atoms with Gasteiger partial charge in [-0.05, 0) is 60.7 Å². The third kappa shape index (κ3) is 4.99. The molecule has 3 aromatic carbocycles. The van der Waals surface area contributed by atoms with Crippen molar-refractivity contribution in [1.29, 1.82) is 0 Å². The summed E-state index contributed by atoms with van der Waals surface area (Å²) in [7, 11) is 0. The molecule has 0 aromatic heterocycles. The van der Waals surface area contributed by atoms with Gasteiger partial charge >= 0.3 is 0 Å². The average molecular weight is 393 g/mol. The first-order chi connectivity index (χ1) is 13.5. The van der Waals surface area contributed by atoms with Gasteiger partial charge in [0, 0.05) is 16.9 Å². The highest BCUT2D eigenvalue weighted by molar-refractivity contribution is 7.80. The Hall–Kier alpha value is -3.58. The standard InChI is InChI=1S/C21H16FN3O2S/c22-18-9-5-4-8-17(18)20(27)25-21(28)24-16-12-10-15(11-13-16)23-19(26)14-6-2-1-3-7-14/h1-13H,(H,23,26)(H2,24,25,27,28). The van der Waals surface area contributed by atoms with Crippen molar-refractivity contribution in [2.24, 2.45) is 0 Å². The van der Waals surface area contributed by atoms with Gasteiger partial charge in [0.25, 0.3) is 11.8 Å². The lowest BCUT2D eigenvalue weighted by Gasteiger charge is -2.11. The lowest BCUT2D eigenvalue weighted by Crippen LogP contribution is -2.34. The fourth-order valence-electron chi connectivity index (χ4n) is 2.41. The van der Waals surface area contributed by atoms with Crippen molar-refractivity contribution >= 4 is 40.5 Å². The van der Waals surface area contributed by atoms with Gasteiger partial charge in [-0.25, -0.2) is 4.39 Å². The van der Waals surface area contributed by atoms with Gasteiger partial charge in [0.05, 0.1) is 5.56 Å². The van der Waals surface area contributed by atoms with Crippen LogP contribution in [0, 0.1) is 5.82 Å². The Kier molecular flexibility index (Phi) is 6.08. The minimum atomic E-state index is -0.637. The molecule has 0 aliphatic heterocycles. The van der Waals surface area contributed by atoms with Gasteiger partial charge < -0.3 is 10.6 Å². The van der Waals surface area contributed by atoms with Crippen LogP contribution in [0.4, 0.5) is 15.8 Å². The van der Waals surface area contributed by atoms with E-state index in [1.54, 1.807) is 54.6 Å². The number of anilines is 2. The molecular formula is C21H16FN3O2S. The van der Waals surface area contributed by atoms with E-state index < -0.39 is 11.7 Å². The van der Waals surface area contributed by atoms with Crippen LogP contribution in [0.15, 0.2) is 78.9 Å². The van der Waals surface area contributed by atoms with Crippen LogP contribution in [0.1, 0.15) is 20.7 Å². The van der Waals surface area contributed by atoms with E-state index in [0.29, 0.717) is 16.9 Å². The maximum atomic E-state index is 13.6. The van der Waals surface area contributed by atoms with Crippen molar-refractivity contribution in [1.82, 2.24) is 5.32 Å². The number of benzene rings is 3. The fourth-order valence-corrected chi connectivity index (χ4v) is 2.62. The van der Waals surface area contributed by atoms with Crippen LogP contribution in [0.5, 0.6) is 0 Å². The smallest absolute Gasteiger partial charge is 0.260 e. The Balaban J connectivity index is 1.56. The topological polar surface area (TPSA) is 70.2 Å². The summed E-state index contributed by atoms with van der Waals surface area (Å²) in [5.41, 5.74) is 1.68. The summed E-state index contributed by atoms with van der Waals surface area (Å²) in [6.45, 7) is 0. The lowest BCUT2D eigenvalue weighted by atomic mass is 10.2. The first-order valence-electron chi connectivity index (χ1n) is 8.36. The van der Waals surface area contributed by atoms with E-state index in [1.165, 1.54) is 18.2 Å². The molecule has 0 saturated heterocycles. The number of hydrogen-bond acceptors (Lipinski definition) is 3. The van der Waals surface area contributed by atoms with Crippen LogP contribution in [0.3, 0.4) is 0 Å². The molecule has 0 aliphatic rings. The van der Waals surface area contributed by atoms with Crippen LogP contribution >= 0.6 is 12.2 Å². The quantitative estimate of drug-likeness (QED) is 0.581. The molecule has 28 heavy (non-hydrogen) atoms. The van der Waals surface area contributed by atoms with Crippen molar-refractivity contribution in [2.45, 2.75) is 0 Å². The molecule has 0 spiro atoms. The van der Waals surface area contributed by atoms with Gasteiger partial charge in [-0.3, -0.25) is 14.9 Å². The second-order valence-corrected chi connectivity index (χ2v) is 6.19. The number of rotatable bonds is 4. The minimum absolute atomic E-state index is 0.0364. The summed E-state index contributed by atoms with van der Waals surface area (Å²) in [6, 6.07) is 21.3. The molecule has 0 saturated carbocycles. The Morgan fingerprint density at radius 2 is 1.29 bits per heavy atom. The molecule has 0 fully saturated rings. The van der Waals surface area contributed by atoms with Crippen molar-refractivity contribution < 1.29 is 14.0 Å². The van der Waals surface area contributed by atoms with Gasteiger partial charge in [0.1, 0.15) is 5.82 Å². The molecular weight excluding hydrogens is 377 g/mol. The van der Waals surface area contributed by atoms with Crippen LogP contribution in [-0.2, 0) is 0 Å². The molecule has 3 N–H and O–H groups in total. The van der Waals surface area contributed by atoms with Gasteiger partial charge in [-0.15, -0.1) is 0 Å². The van der Waals surface area contributed by atoms with E-state index in [1.807, 2.05) is 6.07 Å². The highest BCUT2D eigenvalue weighted by atomic mass is 32.1. The zero-order valence-electron chi connectivity index (χ0n) is 14.6. The van der Waals surface area contributed by atoms with Gasteiger partial charge in [-0.1, -0.05) is 30.3 Å². The molecule has 0 atom stereocenters. The van der Waals surface area contributed by atoms with Crippen molar-refractivity contribution in [3.63, 3.8) is 0 Å². The highest BCUT2D eigenvalue weighted by Gasteiger charge is 2.12. The second-order valence-electron chi connectivity index (χ2n) is 5.79. The van der Waals surface area contributed by atoms with E-state index in [9.17, 15) is 14.0 Å². The molecule has 3 aromatic rings. The summed E-state index contributed by atoms with van der Waals surface area (Å²) in [5.74, 6) is -1.47. The number of thiocarbonyl (C=S) groups is 1. The number of hydrogen-bond donors (Lipinski definition) is 3. The fraction of sp³-hybridized carbons (Fsp3) is 0. The molecule has 0 aliphatic carbocycles. The van der Waals surface area contributed by atoms with E-state index in [0.717, 1.165) is 0 Å². The molecule has 0 heterocycles. The van der Waals surface area contributed by atoms with Crippen molar-refractivity contribution in [3.05, 3.63) is 95.8 Å². The highest BCUT2D eigenvalue weighted by Crippen LogP contribution is 2.15. The molecule has 3 rings (SSSR count). The maximum Gasteiger partial charge on any atom is 0.260 e. The van der Waals surface area contributed by atoms with E-state index in [4.69, 9.17) is 12.2 Å². The summed E-state index contributed by atoms with van der Waals surface area (Å²) < 4.78 is 13.6. The third-order valence-corrected chi connectivity index (χ3v) is 3.99. The van der Waals surface area contributed by atoms with Crippen molar-refractivity contribution in [3.8, 4) is 0 Å². The Bertz CT molecular complexity index is 1010. The van der Waals surface area contributed by atoms with Gasteiger partial charge in [-0.2, -0.15) is 0 Å². The van der Waals surface area contributed by atoms with E-state index >= 15 is 0 Å². The summed E-state index contributed by atoms with van der Waals surface area (Å²) in [4.78, 5) is 24.2. The largest absolute Gasteiger partial charge is 0.332 e. The summed E-state index contributed by atoms with van der Waals surface area (Å²) in [5, 5.41) is 8.09. The Morgan fingerprint density at radius 1 is 0.714 bits per heavy atom. The average Bonchev–Trinajstić information content (AvgIpc) is 2.70. The predicted octanol–water partition coefficient (Wildman–Crippen LogP) is 4.20. The molecule has 0 unspecified atom stereocenters. The van der Waals surface area contributed by atoms with Crippen LogP contribution < -0.4 is 16.0 Å². The molecule has 0 radical (unpaired) electrons. The maximum absolute atomic E-state index is 13.6. The Labute approximate surface area is 166 Å². The second kappa shape index (κ2) is 8.88. The molecule has 0 bridgehead atoms. The van der Waals surface area contributed by atoms with Gasteiger partial charge in [0.2, 0.25) is 0 Å². The normalized spacial score (nSPS) is 10.0. The van der Waals surface area contributed by atoms with Crippen LogP contribution in [0.25, 0.3) is 0 Å². The predicted molar refractivity (Wildman–Crippen MR) is 111 cm³/mol. The lowest BCUT2D eigenvalue weighted by molar-refractivity contribution is 0.0972. The van der Waals surface area contributed by atoms with Crippen LogP contribution in [-0.4, -0.2) is 16.9 Å². The number of carbonyl (C=O) groups is 2. The zero-order valence-corrected chi connectivity index (χ0v) is 15.4. The van der Waals surface area contributed by atoms with E-state index in [2.05, 4.69) is 16.0 Å². The summed E-state index contributed by atoms with van der Waals surface area (Å²) in [6.07, 6.45) is 0. The molecule has 5 nitrogen and oxygen atoms in total. The number of amides is 2. The van der Waals surface area contributed by atoms with E-state index in [-0.39, 0.29) is 16.6 Å².